The van der Waals surface area contributed by atoms with Gasteiger partial charge >= 0.3 is 5.97 Å². The highest BCUT2D eigenvalue weighted by molar-refractivity contribution is 8.00. The maximum atomic E-state index is 12.3. The van der Waals surface area contributed by atoms with Crippen molar-refractivity contribution in [3.05, 3.63) is 12.0 Å². The van der Waals surface area contributed by atoms with Gasteiger partial charge < -0.3 is 10.1 Å². The molecule has 0 saturated carbocycles. The van der Waals surface area contributed by atoms with E-state index >= 15 is 0 Å². The molecule has 0 spiro atoms. The first-order valence-electron chi connectivity index (χ1n) is 5.33. The van der Waals surface area contributed by atoms with Gasteiger partial charge in [-0.2, -0.15) is 4.31 Å². The Labute approximate surface area is 109 Å². The van der Waals surface area contributed by atoms with Crippen molar-refractivity contribution < 1.29 is 18.3 Å². The van der Waals surface area contributed by atoms with Gasteiger partial charge in [0.05, 0.1) is 12.1 Å². The molecule has 1 aromatic heterocycles. The van der Waals surface area contributed by atoms with Gasteiger partial charge in [0.2, 0.25) is 0 Å². The van der Waals surface area contributed by atoms with Gasteiger partial charge in [0, 0.05) is 12.2 Å². The topological polar surface area (TPSA) is 103 Å². The number of aromatic amines is 1. The van der Waals surface area contributed by atoms with Crippen LogP contribution in [0.25, 0.3) is 0 Å². The number of aliphatic carboxylic acids is 1. The van der Waals surface area contributed by atoms with Gasteiger partial charge in [-0.1, -0.05) is 6.92 Å². The van der Waals surface area contributed by atoms with Crippen molar-refractivity contribution >= 4 is 27.8 Å². The molecule has 1 unspecified atom stereocenters. The first-order chi connectivity index (χ1) is 8.46. The largest absolute Gasteiger partial charge is 0.480 e. The monoisotopic (exact) mass is 291 g/mol. The number of sulfonamides is 1. The summed E-state index contributed by atoms with van der Waals surface area (Å²) in [7, 11) is -3.81. The number of carboxylic acid groups (broad SMARTS) is 1. The minimum atomic E-state index is -3.81. The molecule has 1 aliphatic rings. The number of aromatic nitrogens is 2. The van der Waals surface area contributed by atoms with Gasteiger partial charge in [0.25, 0.3) is 10.0 Å². The molecule has 100 valence electrons. The quantitative estimate of drug-likeness (QED) is 0.816. The smallest absolute Gasteiger partial charge is 0.322 e. The van der Waals surface area contributed by atoms with E-state index in [0.29, 0.717) is 12.2 Å². The average Bonchev–Trinajstić information content (AvgIpc) is 2.98. The lowest BCUT2D eigenvalue weighted by Gasteiger charge is -2.18. The molecule has 2 N–H and O–H groups in total. The van der Waals surface area contributed by atoms with E-state index in [1.807, 2.05) is 6.92 Å². The van der Waals surface area contributed by atoms with Crippen molar-refractivity contribution in [2.24, 2.45) is 0 Å². The highest BCUT2D eigenvalue weighted by Gasteiger charge is 2.40. The van der Waals surface area contributed by atoms with Crippen LogP contribution in [0.5, 0.6) is 0 Å². The van der Waals surface area contributed by atoms with Crippen LogP contribution < -0.4 is 0 Å². The number of rotatable bonds is 4. The lowest BCUT2D eigenvalue weighted by atomic mass is 10.4. The van der Waals surface area contributed by atoms with Gasteiger partial charge in [0.15, 0.2) is 5.03 Å². The zero-order valence-electron chi connectivity index (χ0n) is 9.66. The molecule has 1 saturated heterocycles. The Kier molecular flexibility index (Phi) is 3.64. The molecule has 1 fully saturated rings. The Balaban J connectivity index is 2.33. The van der Waals surface area contributed by atoms with Gasteiger partial charge in [-0.05, 0) is 0 Å². The van der Waals surface area contributed by atoms with Crippen molar-refractivity contribution in [1.29, 1.82) is 0 Å². The molecular formula is C9H13N3O4S2. The average molecular weight is 291 g/mol. The van der Waals surface area contributed by atoms with Crippen LogP contribution in [0.15, 0.2) is 11.2 Å². The fraction of sp³-hybridized carbons (Fsp3) is 0.556. The van der Waals surface area contributed by atoms with E-state index in [9.17, 15) is 13.2 Å². The summed E-state index contributed by atoms with van der Waals surface area (Å²) < 4.78 is 25.5. The molecular weight excluding hydrogens is 278 g/mol. The number of hydrogen-bond donors (Lipinski definition) is 2. The Morgan fingerprint density at radius 1 is 1.72 bits per heavy atom. The predicted octanol–water partition coefficient (Wildman–Crippen LogP) is 0.120. The standard InChI is InChI=1S/C9H13N3O4S2/c1-2-7-10-3-8(11-7)18(15,16)12-5-17-4-6(12)9(13)14/h3,6H,2,4-5H2,1H3,(H,10,11)(H,13,14). The van der Waals surface area contributed by atoms with Crippen LogP contribution in [-0.4, -0.2) is 51.4 Å². The molecule has 1 atom stereocenters. The van der Waals surface area contributed by atoms with E-state index in [1.54, 1.807) is 0 Å². The fourth-order valence-electron chi connectivity index (χ4n) is 1.64. The normalized spacial score (nSPS) is 21.3. The Morgan fingerprint density at radius 2 is 2.44 bits per heavy atom. The summed E-state index contributed by atoms with van der Waals surface area (Å²) in [5.41, 5.74) is 0. The number of aryl methyl sites for hydroxylation is 1. The third-order valence-electron chi connectivity index (χ3n) is 2.65. The van der Waals surface area contributed by atoms with E-state index in [0.717, 1.165) is 4.31 Å². The summed E-state index contributed by atoms with van der Waals surface area (Å²) in [6.45, 7) is 1.85. The summed E-state index contributed by atoms with van der Waals surface area (Å²) in [5.74, 6) is -0.144. The van der Waals surface area contributed by atoms with Gasteiger partial charge in [-0.3, -0.25) is 4.79 Å². The summed E-state index contributed by atoms with van der Waals surface area (Å²) in [6.07, 6.45) is 1.82. The second-order valence-electron chi connectivity index (χ2n) is 3.79. The number of nitrogens with zero attached hydrogens (tertiary/aromatic N) is 2. The number of imidazole rings is 1. The second-order valence-corrected chi connectivity index (χ2v) is 6.65. The zero-order valence-corrected chi connectivity index (χ0v) is 11.3. The van der Waals surface area contributed by atoms with E-state index in [-0.39, 0.29) is 16.7 Å². The SMILES string of the molecule is CCc1ncc(S(=O)(=O)N2CSCC2C(=O)O)[nH]1. The van der Waals surface area contributed by atoms with Crippen LogP contribution in [0.3, 0.4) is 0 Å². The molecule has 0 aromatic carbocycles. The summed E-state index contributed by atoms with van der Waals surface area (Å²) in [6, 6.07) is -1.01. The van der Waals surface area contributed by atoms with E-state index in [4.69, 9.17) is 5.11 Å². The van der Waals surface area contributed by atoms with Crippen LogP contribution >= 0.6 is 11.8 Å². The second kappa shape index (κ2) is 4.90. The predicted molar refractivity (Wildman–Crippen MR) is 65.7 cm³/mol. The minimum absolute atomic E-state index is 0.0481. The van der Waals surface area contributed by atoms with Crippen molar-refractivity contribution in [3.8, 4) is 0 Å². The highest BCUT2D eigenvalue weighted by Crippen LogP contribution is 2.27. The maximum Gasteiger partial charge on any atom is 0.322 e. The Hall–Kier alpha value is -1.06. The van der Waals surface area contributed by atoms with Crippen molar-refractivity contribution in [2.75, 3.05) is 11.6 Å². The summed E-state index contributed by atoms with van der Waals surface area (Å²) >= 11 is 1.28. The first kappa shape index (κ1) is 13.4. The number of nitrogens with one attached hydrogen (secondary N) is 1. The third kappa shape index (κ3) is 2.25. The first-order valence-corrected chi connectivity index (χ1v) is 7.92. The van der Waals surface area contributed by atoms with Crippen LogP contribution in [0.4, 0.5) is 0 Å². The van der Waals surface area contributed by atoms with Gasteiger partial charge in [0.1, 0.15) is 11.9 Å². The Morgan fingerprint density at radius 3 is 3.00 bits per heavy atom. The Bertz CT molecular complexity index is 554. The lowest BCUT2D eigenvalue weighted by Crippen LogP contribution is -2.41. The molecule has 0 radical (unpaired) electrons. The van der Waals surface area contributed by atoms with Gasteiger partial charge in [-0.25, -0.2) is 13.4 Å². The fourth-order valence-corrected chi connectivity index (χ4v) is 4.71. The van der Waals surface area contributed by atoms with E-state index in [2.05, 4.69) is 9.97 Å². The molecule has 18 heavy (non-hydrogen) atoms. The molecule has 0 amide bonds. The molecule has 0 aliphatic carbocycles. The molecule has 1 aromatic rings. The van der Waals surface area contributed by atoms with Crippen molar-refractivity contribution in [2.45, 2.75) is 24.4 Å². The van der Waals surface area contributed by atoms with Crippen LogP contribution in [-0.2, 0) is 21.2 Å². The van der Waals surface area contributed by atoms with Crippen LogP contribution in [0, 0.1) is 0 Å². The van der Waals surface area contributed by atoms with Gasteiger partial charge in [-0.15, -0.1) is 11.8 Å². The molecule has 1 aliphatic heterocycles. The number of thioether (sulfide) groups is 1. The van der Waals surface area contributed by atoms with Crippen LogP contribution in [0.2, 0.25) is 0 Å². The van der Waals surface area contributed by atoms with E-state index in [1.165, 1.54) is 18.0 Å². The number of hydrogen-bond acceptors (Lipinski definition) is 5. The summed E-state index contributed by atoms with van der Waals surface area (Å²) in [4.78, 5) is 17.6. The maximum absolute atomic E-state index is 12.3. The zero-order chi connectivity index (χ0) is 13.3. The summed E-state index contributed by atoms with van der Waals surface area (Å²) in [5, 5.41) is 8.95. The molecule has 7 nitrogen and oxygen atoms in total. The van der Waals surface area contributed by atoms with Crippen LogP contribution in [0.1, 0.15) is 12.7 Å². The number of H-pyrrole nitrogens is 1. The van der Waals surface area contributed by atoms with Crippen molar-refractivity contribution in [1.82, 2.24) is 14.3 Å². The third-order valence-corrected chi connectivity index (χ3v) is 5.59. The number of carbonyl (C=O) groups is 1. The molecule has 9 heteroatoms. The molecule has 2 heterocycles. The van der Waals surface area contributed by atoms with Crippen molar-refractivity contribution in [3.63, 3.8) is 0 Å². The van der Waals surface area contributed by atoms with E-state index < -0.39 is 22.0 Å². The molecule has 2 rings (SSSR count). The molecule has 0 bridgehead atoms. The highest BCUT2D eigenvalue weighted by atomic mass is 32.2. The minimum Gasteiger partial charge on any atom is -0.480 e. The lowest BCUT2D eigenvalue weighted by molar-refractivity contribution is -0.140. The number of carboxylic acids is 1.